The van der Waals surface area contributed by atoms with Crippen LogP contribution >= 0.6 is 0 Å². The van der Waals surface area contributed by atoms with Gasteiger partial charge in [-0.2, -0.15) is 13.2 Å². The Kier molecular flexibility index (Phi) is 10.7. The van der Waals surface area contributed by atoms with E-state index in [1.807, 2.05) is 43.3 Å². The molecule has 48 heavy (non-hydrogen) atoms. The molecule has 1 heterocycles. The number of alkyl halides is 3. The van der Waals surface area contributed by atoms with Crippen LogP contribution in [0.4, 0.5) is 22.0 Å². The minimum Gasteiger partial charge on any atom is -0.337 e. The van der Waals surface area contributed by atoms with Crippen molar-refractivity contribution < 1.29 is 26.7 Å². The zero-order chi connectivity index (χ0) is 34.4. The summed E-state index contributed by atoms with van der Waals surface area (Å²) >= 11 is 0. The average molecular weight is 662 g/mol. The highest BCUT2D eigenvalue weighted by molar-refractivity contribution is 5.83. The molecule has 1 amide bonds. The van der Waals surface area contributed by atoms with Crippen LogP contribution in [0.2, 0.25) is 0 Å². The van der Waals surface area contributed by atoms with Crippen LogP contribution < -0.4 is 5.43 Å². The molecule has 4 aromatic carbocycles. The summed E-state index contributed by atoms with van der Waals surface area (Å²) in [7, 11) is 3.90. The first-order chi connectivity index (χ1) is 22.9. The SMILES string of the molecule is CN(C)CCCN(Cc1ccc(-c2ccc(C(F)(F)F)cc2)cc1)C(=O)Cn1c(CCc2cccc(F)c2F)cc(=O)c2ccccc21. The lowest BCUT2D eigenvalue weighted by atomic mass is 10.0. The van der Waals surface area contributed by atoms with E-state index in [1.165, 1.54) is 30.3 Å². The van der Waals surface area contributed by atoms with Crippen molar-refractivity contribution in [2.75, 3.05) is 27.2 Å². The summed E-state index contributed by atoms with van der Waals surface area (Å²) in [5.41, 5.74) is 2.58. The molecule has 0 unspecified atom stereocenters. The lowest BCUT2D eigenvalue weighted by Crippen LogP contribution is -2.36. The third kappa shape index (κ3) is 8.36. The molecule has 0 aliphatic carbocycles. The standard InChI is InChI=1S/C38H36F5N3O2/c1-44(2)21-6-22-45(24-26-11-13-27(14-12-26)28-15-18-30(19-16-28)38(41,42)43)36(48)25-46-31(20-17-29-7-5-9-33(39)37(29)40)23-35(47)32-8-3-4-10-34(32)46/h3-5,7-16,18-19,23H,6,17,20-22,24-25H2,1-2H3. The number of carbonyl (C=O) groups excluding carboxylic acids is 1. The molecule has 0 aliphatic heterocycles. The van der Waals surface area contributed by atoms with Crippen molar-refractivity contribution in [1.82, 2.24) is 14.4 Å². The van der Waals surface area contributed by atoms with Gasteiger partial charge >= 0.3 is 6.18 Å². The Balaban J connectivity index is 1.40. The van der Waals surface area contributed by atoms with Crippen molar-refractivity contribution in [3.05, 3.63) is 141 Å². The van der Waals surface area contributed by atoms with Crippen LogP contribution in [0.15, 0.2) is 102 Å². The number of hydrogen-bond donors (Lipinski definition) is 0. The normalized spacial score (nSPS) is 11.8. The third-order valence-electron chi connectivity index (χ3n) is 8.34. The van der Waals surface area contributed by atoms with Gasteiger partial charge in [0, 0.05) is 30.2 Å². The Morgan fingerprint density at radius 1 is 0.792 bits per heavy atom. The predicted molar refractivity (Wildman–Crippen MR) is 177 cm³/mol. The second kappa shape index (κ2) is 14.9. The fourth-order valence-electron chi connectivity index (χ4n) is 5.76. The van der Waals surface area contributed by atoms with E-state index in [4.69, 9.17) is 0 Å². The highest BCUT2D eigenvalue weighted by Gasteiger charge is 2.30. The molecule has 5 aromatic rings. The highest BCUT2D eigenvalue weighted by atomic mass is 19.4. The predicted octanol–water partition coefficient (Wildman–Crippen LogP) is 7.73. The number of para-hydroxylation sites is 1. The van der Waals surface area contributed by atoms with Crippen molar-refractivity contribution in [3.8, 4) is 11.1 Å². The highest BCUT2D eigenvalue weighted by Crippen LogP contribution is 2.31. The molecular weight excluding hydrogens is 625 g/mol. The summed E-state index contributed by atoms with van der Waals surface area (Å²) in [6, 6.07) is 24.8. The van der Waals surface area contributed by atoms with Gasteiger partial charge in [0.25, 0.3) is 0 Å². The molecule has 0 N–H and O–H groups in total. The van der Waals surface area contributed by atoms with Crippen LogP contribution in [0.1, 0.15) is 28.8 Å². The summed E-state index contributed by atoms with van der Waals surface area (Å²) < 4.78 is 69.2. The van der Waals surface area contributed by atoms with Crippen LogP contribution in [0.3, 0.4) is 0 Å². The second-order valence-electron chi connectivity index (χ2n) is 12.1. The lowest BCUT2D eigenvalue weighted by Gasteiger charge is -2.26. The molecule has 0 aliphatic rings. The number of benzene rings is 4. The number of nitrogens with zero attached hydrogens (tertiary/aromatic N) is 3. The molecular formula is C38H36F5N3O2. The second-order valence-corrected chi connectivity index (χ2v) is 12.1. The van der Waals surface area contributed by atoms with Gasteiger partial charge in [0.05, 0.1) is 11.1 Å². The zero-order valence-electron chi connectivity index (χ0n) is 26.7. The van der Waals surface area contributed by atoms with E-state index < -0.39 is 23.4 Å². The van der Waals surface area contributed by atoms with Gasteiger partial charge in [0.1, 0.15) is 6.54 Å². The van der Waals surface area contributed by atoms with Gasteiger partial charge in [-0.1, -0.05) is 60.7 Å². The molecule has 5 nitrogen and oxygen atoms in total. The van der Waals surface area contributed by atoms with E-state index in [1.54, 1.807) is 33.7 Å². The molecule has 0 saturated carbocycles. The van der Waals surface area contributed by atoms with Crippen molar-refractivity contribution in [2.24, 2.45) is 0 Å². The van der Waals surface area contributed by atoms with Gasteiger partial charge in [-0.05, 0) is 92.5 Å². The Labute approximate surface area is 275 Å². The number of aromatic nitrogens is 1. The Morgan fingerprint density at radius 3 is 2.12 bits per heavy atom. The fraction of sp³-hybridized carbons (Fsp3) is 0.263. The van der Waals surface area contributed by atoms with Gasteiger partial charge in [-0.15, -0.1) is 0 Å². The van der Waals surface area contributed by atoms with Crippen molar-refractivity contribution >= 4 is 16.8 Å². The number of halogens is 5. The number of aryl methyl sites for hydroxylation is 2. The van der Waals surface area contributed by atoms with Crippen LogP contribution in [-0.4, -0.2) is 47.5 Å². The number of rotatable bonds is 12. The molecule has 0 radical (unpaired) electrons. The van der Waals surface area contributed by atoms with E-state index in [0.29, 0.717) is 41.7 Å². The monoisotopic (exact) mass is 661 g/mol. The van der Waals surface area contributed by atoms with Gasteiger partial charge in [0.2, 0.25) is 5.91 Å². The minimum absolute atomic E-state index is 0.0760. The summed E-state index contributed by atoms with van der Waals surface area (Å²) in [6.07, 6.45) is -3.36. The summed E-state index contributed by atoms with van der Waals surface area (Å²) in [5.74, 6) is -2.06. The Morgan fingerprint density at radius 2 is 1.46 bits per heavy atom. The van der Waals surface area contributed by atoms with E-state index in [2.05, 4.69) is 0 Å². The maximum absolute atomic E-state index is 14.5. The van der Waals surface area contributed by atoms with Gasteiger partial charge in [-0.3, -0.25) is 9.59 Å². The molecule has 0 fully saturated rings. The van der Waals surface area contributed by atoms with E-state index in [0.717, 1.165) is 35.9 Å². The molecule has 0 spiro atoms. The van der Waals surface area contributed by atoms with Gasteiger partial charge < -0.3 is 14.4 Å². The van der Waals surface area contributed by atoms with Crippen molar-refractivity contribution in [2.45, 2.75) is 38.5 Å². The first-order valence-electron chi connectivity index (χ1n) is 15.6. The van der Waals surface area contributed by atoms with Crippen LogP contribution in [0.25, 0.3) is 22.0 Å². The largest absolute Gasteiger partial charge is 0.416 e. The quantitative estimate of drug-likeness (QED) is 0.129. The van der Waals surface area contributed by atoms with Crippen LogP contribution in [-0.2, 0) is 36.9 Å². The number of hydrogen-bond acceptors (Lipinski definition) is 3. The molecule has 250 valence electrons. The number of fused-ring (bicyclic) bond motifs is 1. The molecule has 0 bridgehead atoms. The maximum Gasteiger partial charge on any atom is 0.416 e. The van der Waals surface area contributed by atoms with E-state index in [9.17, 15) is 31.5 Å². The van der Waals surface area contributed by atoms with Crippen LogP contribution in [0, 0.1) is 11.6 Å². The average Bonchev–Trinajstić information content (AvgIpc) is 3.06. The molecule has 5 rings (SSSR count). The zero-order valence-corrected chi connectivity index (χ0v) is 26.7. The number of carbonyl (C=O) groups is 1. The van der Waals surface area contributed by atoms with Crippen molar-refractivity contribution in [1.29, 1.82) is 0 Å². The van der Waals surface area contributed by atoms with Crippen LogP contribution in [0.5, 0.6) is 0 Å². The maximum atomic E-state index is 14.5. The number of amides is 1. The molecule has 0 saturated heterocycles. The molecule has 10 heteroatoms. The number of pyridine rings is 1. The summed E-state index contributed by atoms with van der Waals surface area (Å²) in [5, 5.41) is 0.448. The summed E-state index contributed by atoms with van der Waals surface area (Å²) in [4.78, 5) is 30.9. The van der Waals surface area contributed by atoms with E-state index in [-0.39, 0.29) is 36.3 Å². The Bertz CT molecular complexity index is 1930. The first-order valence-corrected chi connectivity index (χ1v) is 15.6. The molecule has 0 atom stereocenters. The van der Waals surface area contributed by atoms with E-state index >= 15 is 0 Å². The lowest BCUT2D eigenvalue weighted by molar-refractivity contribution is -0.137. The minimum atomic E-state index is -4.41. The summed E-state index contributed by atoms with van der Waals surface area (Å²) in [6.45, 7) is 1.43. The Hall–Kier alpha value is -4.83. The first kappa shape index (κ1) is 34.5. The fourth-order valence-corrected chi connectivity index (χ4v) is 5.76. The van der Waals surface area contributed by atoms with Gasteiger partial charge in [0.15, 0.2) is 17.1 Å². The van der Waals surface area contributed by atoms with Crippen molar-refractivity contribution in [3.63, 3.8) is 0 Å². The third-order valence-corrected chi connectivity index (χ3v) is 8.34. The molecule has 1 aromatic heterocycles. The van der Waals surface area contributed by atoms with Gasteiger partial charge in [-0.25, -0.2) is 8.78 Å². The smallest absolute Gasteiger partial charge is 0.337 e. The topological polar surface area (TPSA) is 45.5 Å².